The highest BCUT2D eigenvalue weighted by atomic mass is 35.5. The van der Waals surface area contributed by atoms with E-state index in [1.807, 2.05) is 0 Å². The molecule has 15 nitrogen and oxygen atoms in total. The highest BCUT2D eigenvalue weighted by molar-refractivity contribution is 6.28. The van der Waals surface area contributed by atoms with Crippen LogP contribution in [-0.2, 0) is 5.91 Å². The molecule has 1 aromatic rings. The summed E-state index contributed by atoms with van der Waals surface area (Å²) in [5, 5.41) is 43.7. The van der Waals surface area contributed by atoms with E-state index in [1.54, 1.807) is 0 Å². The molecule has 0 saturated heterocycles. The molecule has 16 heteroatoms. The van der Waals surface area contributed by atoms with Crippen LogP contribution >= 0.6 is 11.6 Å². The Bertz CT molecular complexity index is 557. The van der Waals surface area contributed by atoms with Crippen LogP contribution in [0.25, 0.3) is 0 Å². The molecular formula is C3ClN7O8. The fourth-order valence-corrected chi connectivity index (χ4v) is 1.21. The summed E-state index contributed by atoms with van der Waals surface area (Å²) >= 11 is 5.18. The molecule has 19 heavy (non-hydrogen) atoms. The second-order valence-corrected chi connectivity index (χ2v) is 3.06. The molecule has 0 unspecified atom stereocenters. The Morgan fingerprint density at radius 1 is 1.00 bits per heavy atom. The minimum atomic E-state index is -4.24. The quantitative estimate of drug-likeness (QED) is 0.377. The van der Waals surface area contributed by atoms with E-state index in [4.69, 9.17) is 11.6 Å². The highest BCUT2D eigenvalue weighted by Crippen LogP contribution is 2.24. The van der Waals surface area contributed by atoms with Gasteiger partial charge in [0.25, 0.3) is 0 Å². The monoisotopic (exact) mass is 297 g/mol. The Labute approximate surface area is 105 Å². The Morgan fingerprint density at radius 3 is 1.68 bits per heavy atom. The Hall–Kier alpha value is -2.97. The lowest BCUT2D eigenvalue weighted by Gasteiger charge is -2.04. The first kappa shape index (κ1) is 14.1. The van der Waals surface area contributed by atoms with Crippen LogP contribution in [-0.4, -0.2) is 34.5 Å². The molecule has 0 bridgehead atoms. The van der Waals surface area contributed by atoms with E-state index in [2.05, 4.69) is 10.1 Å². The van der Waals surface area contributed by atoms with Crippen LogP contribution in [0.2, 0.25) is 5.28 Å². The Morgan fingerprint density at radius 2 is 1.42 bits per heavy atom. The number of nitro groups is 4. The summed E-state index contributed by atoms with van der Waals surface area (Å²) in [4.78, 5) is 38.0. The van der Waals surface area contributed by atoms with E-state index in [1.165, 1.54) is 0 Å². The lowest BCUT2D eigenvalue weighted by Crippen LogP contribution is -2.55. The first-order chi connectivity index (χ1) is 8.65. The second-order valence-electron chi connectivity index (χ2n) is 2.72. The fraction of sp³-hybridized carbons (Fsp3) is 0.333. The molecule has 102 valence electrons. The van der Waals surface area contributed by atoms with E-state index >= 15 is 0 Å². The van der Waals surface area contributed by atoms with Gasteiger partial charge in [0.1, 0.15) is 0 Å². The second kappa shape index (κ2) is 4.37. The number of rotatable bonds is 5. The van der Waals surface area contributed by atoms with E-state index in [0.29, 0.717) is 0 Å². The standard InChI is InChI=1S/C3ClN7O8/c4-1-5-2(8(12)13)6-7(1)3(9(14)15,10(16)17)11(18)19. The lowest BCUT2D eigenvalue weighted by atomic mass is 10.6. The van der Waals surface area contributed by atoms with Gasteiger partial charge in [-0.1, -0.05) is 0 Å². The number of hydrogen-bond donors (Lipinski definition) is 0. The molecule has 0 spiro atoms. The molecule has 0 amide bonds. The molecule has 0 aliphatic carbocycles. The average Bonchev–Trinajstić information content (AvgIpc) is 2.60. The van der Waals surface area contributed by atoms with E-state index in [0.717, 1.165) is 0 Å². The zero-order chi connectivity index (χ0) is 15.0. The molecule has 0 fully saturated rings. The van der Waals surface area contributed by atoms with Crippen molar-refractivity contribution in [3.05, 3.63) is 45.7 Å². The summed E-state index contributed by atoms with van der Waals surface area (Å²) < 4.78 is -0.563. The van der Waals surface area contributed by atoms with Crippen molar-refractivity contribution in [2.75, 3.05) is 0 Å². The summed E-state index contributed by atoms with van der Waals surface area (Å²) in [6.07, 6.45) is 0. The fourth-order valence-electron chi connectivity index (χ4n) is 0.983. The van der Waals surface area contributed by atoms with E-state index in [-0.39, 0.29) is 0 Å². The molecule has 0 atom stereocenters. The summed E-state index contributed by atoms with van der Waals surface area (Å²) in [5.41, 5.74) is 0. The Kier molecular flexibility index (Phi) is 3.24. The van der Waals surface area contributed by atoms with Crippen LogP contribution in [0.4, 0.5) is 5.95 Å². The third kappa shape index (κ3) is 1.86. The lowest BCUT2D eigenvalue weighted by molar-refractivity contribution is -1.01. The van der Waals surface area contributed by atoms with Crippen molar-refractivity contribution in [2.24, 2.45) is 0 Å². The van der Waals surface area contributed by atoms with Crippen molar-refractivity contribution in [3.8, 4) is 0 Å². The maximum absolute atomic E-state index is 10.6. The van der Waals surface area contributed by atoms with Gasteiger partial charge in [0.05, 0.1) is 9.78 Å². The van der Waals surface area contributed by atoms with Crippen LogP contribution in [0.15, 0.2) is 0 Å². The zero-order valence-electron chi connectivity index (χ0n) is 8.27. The maximum Gasteiger partial charge on any atom is 0.835 e. The summed E-state index contributed by atoms with van der Waals surface area (Å²) in [6.45, 7) is 0. The van der Waals surface area contributed by atoms with Gasteiger partial charge in [-0.3, -0.25) is 30.3 Å². The van der Waals surface area contributed by atoms with Gasteiger partial charge in [0.15, 0.2) is 0 Å². The largest absolute Gasteiger partial charge is 0.835 e. The van der Waals surface area contributed by atoms with Gasteiger partial charge in [0, 0.05) is 0 Å². The molecule has 0 aromatic carbocycles. The van der Waals surface area contributed by atoms with Crippen molar-refractivity contribution < 1.29 is 19.7 Å². The molecule has 1 rings (SSSR count). The minimum Gasteiger partial charge on any atom is -0.390 e. The molecule has 1 aromatic heterocycles. The third-order valence-electron chi connectivity index (χ3n) is 1.74. The molecular weight excluding hydrogens is 298 g/mol. The normalized spacial score (nSPS) is 11.0. The number of aromatic nitrogens is 3. The number of hydrogen-bond acceptors (Lipinski definition) is 10. The van der Waals surface area contributed by atoms with Gasteiger partial charge >= 0.3 is 17.1 Å². The van der Waals surface area contributed by atoms with Crippen molar-refractivity contribution in [1.82, 2.24) is 14.8 Å². The summed E-state index contributed by atoms with van der Waals surface area (Å²) in [6, 6.07) is 0. The van der Waals surface area contributed by atoms with Crippen LogP contribution in [0.3, 0.4) is 0 Å². The minimum absolute atomic E-state index is 0.563. The highest BCUT2D eigenvalue weighted by Gasteiger charge is 2.78. The van der Waals surface area contributed by atoms with E-state index in [9.17, 15) is 40.5 Å². The van der Waals surface area contributed by atoms with Crippen molar-refractivity contribution >= 4 is 17.5 Å². The van der Waals surface area contributed by atoms with Crippen LogP contribution in [0.5, 0.6) is 0 Å². The van der Waals surface area contributed by atoms with Gasteiger partial charge in [-0.2, -0.15) is 0 Å². The van der Waals surface area contributed by atoms with Crippen molar-refractivity contribution in [1.29, 1.82) is 0 Å². The molecule has 1 heterocycles. The van der Waals surface area contributed by atoms with E-state index < -0.39 is 41.5 Å². The predicted octanol–water partition coefficient (Wildman–Crippen LogP) is -0.762. The number of halogens is 1. The van der Waals surface area contributed by atoms with Crippen LogP contribution < -0.4 is 0 Å². The SMILES string of the molecule is O=[N+]([O-])c1nc(Cl)n(C([N+](=O)[O-])([N+](=O)[O-])[N+](=O)[O-])n1. The van der Waals surface area contributed by atoms with Gasteiger partial charge in [-0.25, -0.2) is 0 Å². The summed E-state index contributed by atoms with van der Waals surface area (Å²) in [7, 11) is 0. The topological polar surface area (TPSA) is 203 Å². The smallest absolute Gasteiger partial charge is 0.390 e. The Balaban J connectivity index is 3.68. The molecule has 0 N–H and O–H groups in total. The first-order valence-corrected chi connectivity index (χ1v) is 4.24. The maximum atomic E-state index is 10.6. The van der Waals surface area contributed by atoms with Gasteiger partial charge in [0.2, 0.25) is 14.8 Å². The molecule has 0 radical (unpaired) electrons. The molecule has 0 saturated carbocycles. The molecule has 0 aliphatic heterocycles. The third-order valence-corrected chi connectivity index (χ3v) is 1.98. The first-order valence-electron chi connectivity index (χ1n) is 3.86. The van der Waals surface area contributed by atoms with Gasteiger partial charge in [-0.15, -0.1) is 0 Å². The predicted molar refractivity (Wildman–Crippen MR) is 50.6 cm³/mol. The number of nitrogens with zero attached hydrogens (tertiary/aromatic N) is 7. The average molecular weight is 298 g/mol. The van der Waals surface area contributed by atoms with Crippen molar-refractivity contribution in [3.63, 3.8) is 0 Å². The van der Waals surface area contributed by atoms with Crippen LogP contribution in [0.1, 0.15) is 0 Å². The van der Waals surface area contributed by atoms with Gasteiger partial charge in [-0.05, 0) is 21.5 Å². The molecule has 0 aliphatic rings. The summed E-state index contributed by atoms with van der Waals surface area (Å²) in [5.74, 6) is -5.60. The van der Waals surface area contributed by atoms with Gasteiger partial charge < -0.3 is 10.1 Å². The van der Waals surface area contributed by atoms with Crippen LogP contribution in [0, 0.1) is 40.5 Å². The zero-order valence-corrected chi connectivity index (χ0v) is 9.03. The van der Waals surface area contributed by atoms with Crippen molar-refractivity contribution in [2.45, 2.75) is 5.91 Å².